The van der Waals surface area contributed by atoms with E-state index in [0.29, 0.717) is 35.5 Å². The first kappa shape index (κ1) is 23.8. The molecule has 35 heavy (non-hydrogen) atoms. The number of Topliss-reactive ketones (excluding diaryl/α,β-unsaturated/α-hetero) is 1. The van der Waals surface area contributed by atoms with Gasteiger partial charge in [0.15, 0.2) is 11.5 Å². The van der Waals surface area contributed by atoms with E-state index in [-0.39, 0.29) is 17.1 Å². The average Bonchev–Trinajstić information content (AvgIpc) is 3.23. The van der Waals surface area contributed by atoms with Crippen molar-refractivity contribution in [2.45, 2.75) is 19.8 Å². The summed E-state index contributed by atoms with van der Waals surface area (Å²) in [7, 11) is 0. The van der Waals surface area contributed by atoms with Crippen molar-refractivity contribution in [1.29, 1.82) is 5.41 Å². The lowest BCUT2D eigenvalue weighted by atomic mass is 9.88. The maximum Gasteiger partial charge on any atom is 0.269 e. The summed E-state index contributed by atoms with van der Waals surface area (Å²) in [6, 6.07) is 12.4. The number of primary amides is 1. The molecule has 0 saturated carbocycles. The number of benzene rings is 2. The second-order valence-electron chi connectivity index (χ2n) is 8.01. The molecule has 0 fully saturated rings. The minimum absolute atomic E-state index is 0.0216. The van der Waals surface area contributed by atoms with Gasteiger partial charge in [-0.3, -0.25) is 19.8 Å². The molecule has 1 heterocycles. The number of carbonyl (C=O) groups excluding carboxylic acids is 3. The van der Waals surface area contributed by atoms with Crippen LogP contribution in [0.5, 0.6) is 0 Å². The van der Waals surface area contributed by atoms with Crippen molar-refractivity contribution in [3.05, 3.63) is 89.2 Å². The number of anilines is 1. The number of aromatic nitrogens is 2. The molecule has 176 valence electrons. The van der Waals surface area contributed by atoms with Crippen LogP contribution < -0.4 is 11.1 Å². The van der Waals surface area contributed by atoms with Crippen LogP contribution in [-0.2, 0) is 17.6 Å². The molecule has 1 aliphatic rings. The zero-order valence-electron chi connectivity index (χ0n) is 18.9. The third kappa shape index (κ3) is 4.56. The largest absolute Gasteiger partial charge is 0.364 e. The lowest BCUT2D eigenvalue weighted by Crippen LogP contribution is -2.18. The number of aryl methyl sites for hydroxylation is 1. The predicted octanol–water partition coefficient (Wildman–Crippen LogP) is 4.21. The summed E-state index contributed by atoms with van der Waals surface area (Å²) in [4.78, 5) is 36.5. The van der Waals surface area contributed by atoms with Crippen LogP contribution in [0.4, 0.5) is 5.69 Å². The molecular formula is C26H22ClN5O3. The van der Waals surface area contributed by atoms with Crippen molar-refractivity contribution in [3.63, 3.8) is 0 Å². The van der Waals surface area contributed by atoms with Crippen LogP contribution in [0.3, 0.4) is 0 Å². The van der Waals surface area contributed by atoms with E-state index >= 15 is 0 Å². The lowest BCUT2D eigenvalue weighted by molar-refractivity contribution is -0.112. The molecule has 0 radical (unpaired) electrons. The number of nitrogens with one attached hydrogen (secondary N) is 2. The fourth-order valence-corrected chi connectivity index (χ4v) is 4.25. The van der Waals surface area contributed by atoms with Crippen LogP contribution >= 0.6 is 11.6 Å². The van der Waals surface area contributed by atoms with Gasteiger partial charge in [-0.15, -0.1) is 0 Å². The number of nitrogens with zero attached hydrogens (tertiary/aromatic N) is 2. The smallest absolute Gasteiger partial charge is 0.269 e. The van der Waals surface area contributed by atoms with Gasteiger partial charge in [0, 0.05) is 22.4 Å². The predicted molar refractivity (Wildman–Crippen MR) is 135 cm³/mol. The van der Waals surface area contributed by atoms with Gasteiger partial charge in [-0.2, -0.15) is 5.10 Å². The fraction of sp³-hybridized carbons (Fsp3) is 0.115. The van der Waals surface area contributed by atoms with Crippen molar-refractivity contribution in [3.8, 4) is 16.9 Å². The number of nitrogens with two attached hydrogens (primary N) is 1. The third-order valence-electron chi connectivity index (χ3n) is 5.77. The molecule has 1 aliphatic carbocycles. The molecule has 0 aliphatic heterocycles. The topological polar surface area (TPSA) is 131 Å². The quantitative estimate of drug-likeness (QED) is 0.199. The Morgan fingerprint density at radius 1 is 1.17 bits per heavy atom. The number of ketones is 1. The zero-order chi connectivity index (χ0) is 25.3. The van der Waals surface area contributed by atoms with Gasteiger partial charge >= 0.3 is 0 Å². The van der Waals surface area contributed by atoms with Gasteiger partial charge in [-0.1, -0.05) is 30.3 Å². The first-order valence-corrected chi connectivity index (χ1v) is 11.1. The number of fused-ring (bicyclic) bond motifs is 3. The van der Waals surface area contributed by atoms with Gasteiger partial charge in [0.05, 0.1) is 17.0 Å². The molecule has 0 bridgehead atoms. The Labute approximate surface area is 206 Å². The van der Waals surface area contributed by atoms with Gasteiger partial charge in [0.1, 0.15) is 5.17 Å². The minimum atomic E-state index is -0.631. The Kier molecular flexibility index (Phi) is 6.48. The highest BCUT2D eigenvalue weighted by Gasteiger charge is 2.28. The summed E-state index contributed by atoms with van der Waals surface area (Å²) in [5.41, 5.74) is 10.7. The van der Waals surface area contributed by atoms with Crippen LogP contribution in [-0.4, -0.2) is 32.5 Å². The monoisotopic (exact) mass is 487 g/mol. The Balaban J connectivity index is 1.82. The molecule has 2 aromatic carbocycles. The van der Waals surface area contributed by atoms with E-state index in [4.69, 9.17) is 22.7 Å². The summed E-state index contributed by atoms with van der Waals surface area (Å²) < 4.78 is 1.64. The van der Waals surface area contributed by atoms with Crippen LogP contribution in [0.2, 0.25) is 0 Å². The number of rotatable bonds is 7. The van der Waals surface area contributed by atoms with Gasteiger partial charge in [0.2, 0.25) is 0 Å². The van der Waals surface area contributed by atoms with Gasteiger partial charge in [0.25, 0.3) is 11.8 Å². The van der Waals surface area contributed by atoms with Crippen molar-refractivity contribution < 1.29 is 14.4 Å². The van der Waals surface area contributed by atoms with Crippen molar-refractivity contribution in [2.24, 2.45) is 5.73 Å². The van der Waals surface area contributed by atoms with Gasteiger partial charge in [-0.05, 0) is 67.8 Å². The Morgan fingerprint density at radius 3 is 2.49 bits per heavy atom. The van der Waals surface area contributed by atoms with E-state index in [0.717, 1.165) is 16.7 Å². The Morgan fingerprint density at radius 2 is 1.89 bits per heavy atom. The minimum Gasteiger partial charge on any atom is -0.364 e. The standard InChI is InChI=1S/C26H22ClN5O3/c1-3-4-20(24(27)28)26(35)30-17-9-5-16-8-12-19-22(25(29)34)31-32(23(19)21(16)13-17)18-10-6-15(7-11-18)14(2)33/h3-7,9-11,13,28H,1,8,12H2,2H3,(H2,29,34)(H,30,35)/b20-4+,28-24?. The lowest BCUT2D eigenvalue weighted by Gasteiger charge is -2.20. The summed E-state index contributed by atoms with van der Waals surface area (Å²) in [6.07, 6.45) is 3.99. The molecule has 0 spiro atoms. The molecule has 4 rings (SSSR count). The van der Waals surface area contributed by atoms with Crippen LogP contribution in [0, 0.1) is 5.41 Å². The maximum absolute atomic E-state index is 12.7. The Bertz CT molecular complexity index is 1430. The number of hydrogen-bond acceptors (Lipinski definition) is 5. The molecule has 3 aromatic rings. The molecule has 0 saturated heterocycles. The van der Waals surface area contributed by atoms with E-state index in [1.807, 2.05) is 6.07 Å². The van der Waals surface area contributed by atoms with E-state index in [1.54, 1.807) is 41.1 Å². The number of carbonyl (C=O) groups is 3. The van der Waals surface area contributed by atoms with E-state index < -0.39 is 17.0 Å². The first-order valence-electron chi connectivity index (χ1n) is 10.8. The normalized spacial score (nSPS) is 12.3. The maximum atomic E-state index is 12.7. The number of allylic oxidation sites excluding steroid dienone is 2. The zero-order valence-corrected chi connectivity index (χ0v) is 19.6. The van der Waals surface area contributed by atoms with E-state index in [9.17, 15) is 14.4 Å². The summed E-state index contributed by atoms with van der Waals surface area (Å²) in [5, 5.41) is 14.5. The van der Waals surface area contributed by atoms with Crippen molar-refractivity contribution >= 4 is 40.1 Å². The van der Waals surface area contributed by atoms with E-state index in [1.165, 1.54) is 19.1 Å². The van der Waals surface area contributed by atoms with Gasteiger partial charge < -0.3 is 11.1 Å². The fourth-order valence-electron chi connectivity index (χ4n) is 4.10. The summed E-state index contributed by atoms with van der Waals surface area (Å²) >= 11 is 5.75. The summed E-state index contributed by atoms with van der Waals surface area (Å²) in [6.45, 7) is 5.04. The molecule has 9 heteroatoms. The second kappa shape index (κ2) is 9.52. The highest BCUT2D eigenvalue weighted by Crippen LogP contribution is 2.38. The molecule has 8 nitrogen and oxygen atoms in total. The second-order valence-corrected chi connectivity index (χ2v) is 8.39. The Hall–Kier alpha value is -4.30. The van der Waals surface area contributed by atoms with E-state index in [2.05, 4.69) is 17.0 Å². The molecule has 4 N–H and O–H groups in total. The average molecular weight is 488 g/mol. The van der Waals surface area contributed by atoms with Crippen molar-refractivity contribution in [2.75, 3.05) is 5.32 Å². The number of halogens is 1. The van der Waals surface area contributed by atoms with Crippen LogP contribution in [0.1, 0.15) is 38.9 Å². The summed E-state index contributed by atoms with van der Waals surface area (Å²) in [5.74, 6) is -1.24. The molecule has 1 aromatic heterocycles. The molecule has 0 atom stereocenters. The number of amides is 2. The number of hydrogen-bond donors (Lipinski definition) is 3. The first-order chi connectivity index (χ1) is 16.7. The molecular weight excluding hydrogens is 466 g/mol. The molecule has 2 amide bonds. The van der Waals surface area contributed by atoms with Crippen LogP contribution in [0.15, 0.2) is 66.8 Å². The highest BCUT2D eigenvalue weighted by molar-refractivity contribution is 6.71. The SMILES string of the molecule is C=C/C=C(\C(=N)Cl)C(=O)Nc1ccc2c(c1)-c1c(c(C(N)=O)nn1-c1ccc(C(C)=O)cc1)CC2. The van der Waals surface area contributed by atoms with Crippen molar-refractivity contribution in [1.82, 2.24) is 9.78 Å². The van der Waals surface area contributed by atoms with Gasteiger partial charge in [-0.25, -0.2) is 4.68 Å². The third-order valence-corrected chi connectivity index (χ3v) is 5.97. The van der Waals surface area contributed by atoms with Crippen LogP contribution in [0.25, 0.3) is 16.9 Å². The highest BCUT2D eigenvalue weighted by atomic mass is 35.5. The molecule has 0 unspecified atom stereocenters.